The number of azo groups is 1. The summed E-state index contributed by atoms with van der Waals surface area (Å²) in [6.07, 6.45) is 12.0. The van der Waals surface area contributed by atoms with Crippen LogP contribution in [0.4, 0.5) is 36.7 Å². The summed E-state index contributed by atoms with van der Waals surface area (Å²) in [5, 5.41) is 17.0. The second-order valence-electron chi connectivity index (χ2n) is 6.59. The Balaban J connectivity index is 0.000000529. The number of rotatable bonds is 3. The summed E-state index contributed by atoms with van der Waals surface area (Å²) < 4.78 is 59.2. The fourth-order valence-electron chi connectivity index (χ4n) is 2.30. The minimum atomic E-state index is -10.7. The SMILES string of the molecule is F[P-](F)(F)(F)(F)F.Oc1ccc(N=Nc2ccccn2)cc1.[CH]1[CH][CH][C](c2ccccc2)[CH][CH]1.[I-].[Os+2]. The number of benzene rings is 2. The molecule has 4 nitrogen and oxygen atoms in total. The summed E-state index contributed by atoms with van der Waals surface area (Å²) in [5.74, 6) is 2.05. The van der Waals surface area contributed by atoms with E-state index in [1.54, 1.807) is 36.5 Å². The molecule has 0 atom stereocenters. The molecule has 1 aromatic heterocycles. The van der Waals surface area contributed by atoms with Gasteiger partial charge in [0, 0.05) is 12.1 Å². The molecular formula is C23H19F6IN3OOsP. The van der Waals surface area contributed by atoms with Crippen molar-refractivity contribution in [3.63, 3.8) is 0 Å². The van der Waals surface area contributed by atoms with Gasteiger partial charge < -0.3 is 29.1 Å². The summed E-state index contributed by atoms with van der Waals surface area (Å²) >= 11 is 0. The number of aromatic nitrogens is 1. The zero-order chi connectivity index (χ0) is 25.1. The number of aromatic hydroxyl groups is 1. The van der Waals surface area contributed by atoms with Crippen LogP contribution in [-0.4, -0.2) is 10.1 Å². The van der Waals surface area contributed by atoms with E-state index in [9.17, 15) is 25.2 Å². The fourth-order valence-corrected chi connectivity index (χ4v) is 2.30. The Labute approximate surface area is 236 Å². The first-order valence-electron chi connectivity index (χ1n) is 9.55. The van der Waals surface area contributed by atoms with E-state index in [2.05, 4.69) is 65.2 Å². The molecule has 3 aromatic rings. The van der Waals surface area contributed by atoms with Crippen molar-refractivity contribution in [2.75, 3.05) is 0 Å². The maximum Gasteiger partial charge on any atom is 2.00 e. The molecule has 1 aliphatic rings. The monoisotopic (exact) mass is 817 g/mol. The van der Waals surface area contributed by atoms with E-state index in [1.165, 1.54) is 11.5 Å². The van der Waals surface area contributed by atoms with E-state index in [1.807, 2.05) is 24.6 Å². The van der Waals surface area contributed by atoms with Crippen molar-refractivity contribution in [1.82, 2.24) is 4.98 Å². The first-order valence-corrected chi connectivity index (χ1v) is 11.6. The van der Waals surface area contributed by atoms with Crippen molar-refractivity contribution in [2.24, 2.45) is 10.2 Å². The third-order valence-corrected chi connectivity index (χ3v) is 3.65. The normalized spacial score (nSPS) is 15.4. The molecule has 2 aromatic carbocycles. The zero-order valence-electron chi connectivity index (χ0n) is 18.1. The average Bonchev–Trinajstić information content (AvgIpc) is 2.79. The van der Waals surface area contributed by atoms with Crippen LogP contribution in [0.5, 0.6) is 5.75 Å². The van der Waals surface area contributed by atoms with Gasteiger partial charge in [0.25, 0.3) is 0 Å². The van der Waals surface area contributed by atoms with E-state index in [0.717, 1.165) is 0 Å². The van der Waals surface area contributed by atoms with Crippen LogP contribution < -0.4 is 24.0 Å². The predicted octanol–water partition coefficient (Wildman–Crippen LogP) is 6.23. The topological polar surface area (TPSA) is 57.8 Å². The summed E-state index contributed by atoms with van der Waals surface area (Å²) in [7, 11) is -10.7. The van der Waals surface area contributed by atoms with Crippen molar-refractivity contribution in [3.05, 3.63) is 123 Å². The van der Waals surface area contributed by atoms with Gasteiger partial charge in [-0.3, -0.25) is 0 Å². The van der Waals surface area contributed by atoms with Crippen LogP contribution in [0.15, 0.2) is 89.2 Å². The van der Waals surface area contributed by atoms with Gasteiger partial charge in [0.05, 0.1) is 5.69 Å². The van der Waals surface area contributed by atoms with Gasteiger partial charge in [0.15, 0.2) is 5.82 Å². The van der Waals surface area contributed by atoms with E-state index >= 15 is 0 Å². The molecular weight excluding hydrogens is 796 g/mol. The van der Waals surface area contributed by atoms with Crippen LogP contribution in [0, 0.1) is 38.0 Å². The van der Waals surface area contributed by atoms with Gasteiger partial charge >= 0.3 is 52.8 Å². The molecule has 0 saturated heterocycles. The molecule has 1 N–H and O–H groups in total. The molecule has 1 heterocycles. The van der Waals surface area contributed by atoms with Gasteiger partial charge in [-0.15, -0.1) is 10.2 Å². The van der Waals surface area contributed by atoms with Crippen molar-refractivity contribution in [3.8, 4) is 5.75 Å². The molecule has 1 aliphatic carbocycles. The molecule has 0 unspecified atom stereocenters. The Bertz CT molecular complexity index is 1030. The van der Waals surface area contributed by atoms with Gasteiger partial charge in [-0.25, -0.2) is 4.98 Å². The Morgan fingerprint density at radius 3 is 1.69 bits per heavy atom. The molecule has 13 heteroatoms. The number of halogens is 7. The van der Waals surface area contributed by atoms with Crippen LogP contribution in [0.2, 0.25) is 0 Å². The minimum Gasteiger partial charge on any atom is -1.00 e. The van der Waals surface area contributed by atoms with Crippen LogP contribution in [-0.2, 0) is 19.8 Å². The van der Waals surface area contributed by atoms with E-state index in [0.29, 0.717) is 11.5 Å². The smallest absolute Gasteiger partial charge is 1.00 e. The van der Waals surface area contributed by atoms with Gasteiger partial charge in [-0.2, -0.15) is 0 Å². The largest absolute Gasteiger partial charge is 2.00 e. The minimum absolute atomic E-state index is 0. The first-order chi connectivity index (χ1) is 15.8. The predicted molar refractivity (Wildman–Crippen MR) is 120 cm³/mol. The molecule has 0 bridgehead atoms. The summed E-state index contributed by atoms with van der Waals surface area (Å²) in [5.41, 5.74) is 1.96. The van der Waals surface area contributed by atoms with Crippen molar-refractivity contribution < 1.29 is 74.1 Å². The van der Waals surface area contributed by atoms with Crippen molar-refractivity contribution in [1.29, 1.82) is 0 Å². The number of nitrogens with zero attached hydrogens (tertiary/aromatic N) is 3. The molecule has 0 spiro atoms. The Morgan fingerprint density at radius 1 is 0.667 bits per heavy atom. The Kier molecular flexibility index (Phi) is 13.7. The quantitative estimate of drug-likeness (QED) is 0.148. The Hall–Kier alpha value is -1.63. The molecule has 6 radical (unpaired) electrons. The fraction of sp³-hybridized carbons (Fsp3) is 0. The van der Waals surface area contributed by atoms with Crippen LogP contribution >= 0.6 is 7.81 Å². The van der Waals surface area contributed by atoms with Gasteiger partial charge in [-0.1, -0.05) is 36.4 Å². The number of hydrogen-bond donors (Lipinski definition) is 1. The molecule has 1 saturated carbocycles. The molecule has 194 valence electrons. The molecule has 4 rings (SSSR count). The van der Waals surface area contributed by atoms with Crippen LogP contribution in [0.25, 0.3) is 0 Å². The number of hydrogen-bond acceptors (Lipinski definition) is 4. The number of phenols is 1. The van der Waals surface area contributed by atoms with Gasteiger partial charge in [0.2, 0.25) is 0 Å². The van der Waals surface area contributed by atoms with Gasteiger partial charge in [0.1, 0.15) is 5.75 Å². The maximum atomic E-state index is 9.87. The first kappa shape index (κ1) is 34.4. The van der Waals surface area contributed by atoms with E-state index in [-0.39, 0.29) is 49.5 Å². The number of pyridine rings is 1. The van der Waals surface area contributed by atoms with Crippen LogP contribution in [0.1, 0.15) is 5.56 Å². The van der Waals surface area contributed by atoms with Gasteiger partial charge in [-0.05, 0) is 74.1 Å². The molecule has 0 amide bonds. The standard InChI is InChI=1S/C12H10.C11H9N3O.F6P.HI.Os/c1-3-7-11(8-4-1)12-9-5-2-6-10-12;15-10-6-4-9(5-7-10)13-14-11-3-1-2-8-12-11;1-7(2,3,4,5)6;;/h1-10H;1-8,15H;;1H;/q;;-1;;+2/p-1. The summed E-state index contributed by atoms with van der Waals surface area (Å²) in [4.78, 5) is 4.00. The maximum absolute atomic E-state index is 10.7. The second kappa shape index (κ2) is 14.3. The van der Waals surface area contributed by atoms with Crippen LogP contribution in [0.3, 0.4) is 0 Å². The Morgan fingerprint density at radius 2 is 1.19 bits per heavy atom. The third-order valence-electron chi connectivity index (χ3n) is 3.65. The average molecular weight is 816 g/mol. The summed E-state index contributed by atoms with van der Waals surface area (Å²) in [6.45, 7) is 0. The van der Waals surface area contributed by atoms with Crippen molar-refractivity contribution in [2.45, 2.75) is 0 Å². The van der Waals surface area contributed by atoms with E-state index in [4.69, 9.17) is 5.11 Å². The van der Waals surface area contributed by atoms with Crippen molar-refractivity contribution >= 4 is 19.3 Å². The van der Waals surface area contributed by atoms with E-state index < -0.39 is 7.81 Å². The molecule has 1 fully saturated rings. The second-order valence-corrected chi connectivity index (χ2v) is 8.51. The zero-order valence-corrected chi connectivity index (χ0v) is 23.7. The number of phenolic OH excluding ortho intramolecular Hbond substituents is 1. The third kappa shape index (κ3) is 18.6. The molecule has 0 aliphatic heterocycles. The summed E-state index contributed by atoms with van der Waals surface area (Å²) in [6, 6.07) is 22.3. The molecule has 36 heavy (non-hydrogen) atoms.